The van der Waals surface area contributed by atoms with E-state index in [1.165, 1.54) is 0 Å². The molecule has 0 aliphatic heterocycles. The van der Waals surface area contributed by atoms with Crippen LogP contribution in [0.2, 0.25) is 0 Å². The van der Waals surface area contributed by atoms with Crippen molar-refractivity contribution in [1.29, 1.82) is 0 Å². The number of nitrogens with zero attached hydrogens (tertiary/aromatic N) is 1. The summed E-state index contributed by atoms with van der Waals surface area (Å²) in [6.45, 7) is 2.11. The molecule has 2 N–H and O–H groups in total. The van der Waals surface area contributed by atoms with Gasteiger partial charge in [0.05, 0.1) is 11.0 Å². The lowest BCUT2D eigenvalue weighted by Gasteiger charge is -2.17. The van der Waals surface area contributed by atoms with E-state index in [1.807, 2.05) is 56.3 Å². The van der Waals surface area contributed by atoms with Gasteiger partial charge in [-0.2, -0.15) is 0 Å². The zero-order valence-electron chi connectivity index (χ0n) is 14.2. The highest BCUT2D eigenvalue weighted by molar-refractivity contribution is 7.89. The first-order valence-electron chi connectivity index (χ1n) is 7.82. The predicted molar refractivity (Wildman–Crippen MR) is 96.7 cm³/mol. The van der Waals surface area contributed by atoms with Gasteiger partial charge in [0.15, 0.2) is 0 Å². The number of hydrogen-bond donors (Lipinski definition) is 2. The molecule has 0 bridgehead atoms. The van der Waals surface area contributed by atoms with Crippen LogP contribution in [0.15, 0.2) is 53.4 Å². The second kappa shape index (κ2) is 7.79. The molecule has 0 spiro atoms. The number of hydrogen-bond acceptors (Lipinski definition) is 4. The van der Waals surface area contributed by atoms with Gasteiger partial charge in [0, 0.05) is 26.3 Å². The van der Waals surface area contributed by atoms with E-state index < -0.39 is 16.1 Å². The molecule has 5 nitrogen and oxygen atoms in total. The van der Waals surface area contributed by atoms with Gasteiger partial charge >= 0.3 is 0 Å². The third-order valence-corrected chi connectivity index (χ3v) is 5.33. The number of rotatable bonds is 7. The Morgan fingerprint density at radius 3 is 2.42 bits per heavy atom. The molecule has 0 radical (unpaired) electrons. The van der Waals surface area contributed by atoms with E-state index in [9.17, 15) is 13.5 Å². The van der Waals surface area contributed by atoms with Crippen LogP contribution in [0.5, 0.6) is 0 Å². The molecule has 0 saturated carbocycles. The van der Waals surface area contributed by atoms with E-state index >= 15 is 0 Å². The summed E-state index contributed by atoms with van der Waals surface area (Å²) in [7, 11) is 0.156. The molecular formula is C18H24N2O3S. The zero-order chi connectivity index (χ0) is 17.7. The van der Waals surface area contributed by atoms with Crippen LogP contribution in [0.4, 0.5) is 5.69 Å². The molecule has 130 valence electrons. The van der Waals surface area contributed by atoms with E-state index in [2.05, 4.69) is 4.72 Å². The smallest absolute Gasteiger partial charge is 0.240 e. The Bertz CT molecular complexity index is 774. The summed E-state index contributed by atoms with van der Waals surface area (Å²) in [5.74, 6) is 0. The standard InChI is InChI=1S/C18H24N2O3S/c1-14-9-10-16(13-17(14)20(2)3)24(22,23)19-12-11-18(21)15-7-5-4-6-8-15/h4-10,13,18-19,21H,11-12H2,1-3H3. The summed E-state index contributed by atoms with van der Waals surface area (Å²) in [6.07, 6.45) is -0.375. The molecule has 24 heavy (non-hydrogen) atoms. The Morgan fingerprint density at radius 2 is 1.79 bits per heavy atom. The normalized spacial score (nSPS) is 12.8. The van der Waals surface area contributed by atoms with Gasteiger partial charge in [-0.25, -0.2) is 13.1 Å². The molecule has 0 amide bonds. The fourth-order valence-electron chi connectivity index (χ4n) is 2.49. The summed E-state index contributed by atoms with van der Waals surface area (Å²) >= 11 is 0. The Morgan fingerprint density at radius 1 is 1.12 bits per heavy atom. The first-order valence-corrected chi connectivity index (χ1v) is 9.30. The van der Waals surface area contributed by atoms with Crippen molar-refractivity contribution < 1.29 is 13.5 Å². The molecule has 0 aromatic heterocycles. The third-order valence-electron chi connectivity index (χ3n) is 3.87. The van der Waals surface area contributed by atoms with Crippen molar-refractivity contribution in [2.75, 3.05) is 25.5 Å². The van der Waals surface area contributed by atoms with Crippen molar-refractivity contribution in [2.45, 2.75) is 24.3 Å². The lowest BCUT2D eigenvalue weighted by atomic mass is 10.1. The molecular weight excluding hydrogens is 324 g/mol. The fraction of sp³-hybridized carbons (Fsp3) is 0.333. The number of aryl methyl sites for hydroxylation is 1. The van der Waals surface area contributed by atoms with Crippen LogP contribution in [-0.2, 0) is 10.0 Å². The highest BCUT2D eigenvalue weighted by atomic mass is 32.2. The lowest BCUT2D eigenvalue weighted by Crippen LogP contribution is -2.26. The van der Waals surface area contributed by atoms with Crippen LogP contribution in [0.3, 0.4) is 0 Å². The minimum atomic E-state index is -3.60. The zero-order valence-corrected chi connectivity index (χ0v) is 15.0. The molecule has 0 heterocycles. The van der Waals surface area contributed by atoms with Crippen molar-refractivity contribution in [3.8, 4) is 0 Å². The Hall–Kier alpha value is -1.89. The van der Waals surface area contributed by atoms with E-state index in [0.717, 1.165) is 16.8 Å². The van der Waals surface area contributed by atoms with Crippen molar-refractivity contribution in [3.63, 3.8) is 0 Å². The monoisotopic (exact) mass is 348 g/mol. The van der Waals surface area contributed by atoms with Gasteiger partial charge in [-0.3, -0.25) is 0 Å². The molecule has 2 aromatic carbocycles. The largest absolute Gasteiger partial charge is 0.388 e. The predicted octanol–water partition coefficient (Wildman–Crippen LogP) is 2.46. The second-order valence-corrected chi connectivity index (χ2v) is 7.72. The summed E-state index contributed by atoms with van der Waals surface area (Å²) < 4.78 is 27.4. The Labute approximate surface area is 144 Å². The minimum absolute atomic E-state index is 0.170. The molecule has 0 aliphatic rings. The summed E-state index contributed by atoms with van der Waals surface area (Å²) in [5, 5.41) is 10.1. The number of anilines is 1. The average Bonchev–Trinajstić information content (AvgIpc) is 2.55. The maximum absolute atomic E-state index is 12.4. The SMILES string of the molecule is Cc1ccc(S(=O)(=O)NCCC(O)c2ccccc2)cc1N(C)C. The molecule has 0 fully saturated rings. The van der Waals surface area contributed by atoms with Crippen molar-refractivity contribution in [1.82, 2.24) is 4.72 Å². The number of aliphatic hydroxyl groups excluding tert-OH is 1. The maximum atomic E-state index is 12.4. The average molecular weight is 348 g/mol. The van der Waals surface area contributed by atoms with Gasteiger partial charge in [-0.15, -0.1) is 0 Å². The van der Waals surface area contributed by atoms with Crippen LogP contribution in [0.25, 0.3) is 0 Å². The summed E-state index contributed by atoms with van der Waals surface area (Å²) in [5.41, 5.74) is 2.66. The molecule has 6 heteroatoms. The van der Waals surface area contributed by atoms with Gasteiger partial charge in [0.25, 0.3) is 0 Å². The molecule has 1 atom stereocenters. The number of nitrogens with one attached hydrogen (secondary N) is 1. The van der Waals surface area contributed by atoms with Crippen LogP contribution in [-0.4, -0.2) is 34.2 Å². The second-order valence-electron chi connectivity index (χ2n) is 5.96. The van der Waals surface area contributed by atoms with Gasteiger partial charge in [-0.1, -0.05) is 36.4 Å². The molecule has 1 unspecified atom stereocenters. The van der Waals surface area contributed by atoms with Crippen LogP contribution in [0.1, 0.15) is 23.7 Å². The van der Waals surface area contributed by atoms with E-state index in [-0.39, 0.29) is 11.4 Å². The first-order chi connectivity index (χ1) is 11.3. The van der Waals surface area contributed by atoms with Crippen molar-refractivity contribution in [3.05, 3.63) is 59.7 Å². The summed E-state index contributed by atoms with van der Waals surface area (Å²) in [4.78, 5) is 2.11. The van der Waals surface area contributed by atoms with E-state index in [0.29, 0.717) is 6.42 Å². The highest BCUT2D eigenvalue weighted by Crippen LogP contribution is 2.22. The first kappa shape index (κ1) is 18.4. The topological polar surface area (TPSA) is 69.6 Å². The van der Waals surface area contributed by atoms with E-state index in [1.54, 1.807) is 18.2 Å². The molecule has 0 saturated heterocycles. The maximum Gasteiger partial charge on any atom is 0.240 e. The fourth-order valence-corrected chi connectivity index (χ4v) is 3.56. The summed E-state index contributed by atoms with van der Waals surface area (Å²) in [6, 6.07) is 14.3. The number of benzene rings is 2. The molecule has 2 aromatic rings. The highest BCUT2D eigenvalue weighted by Gasteiger charge is 2.16. The van der Waals surface area contributed by atoms with Gasteiger partial charge in [0.1, 0.15) is 0 Å². The van der Waals surface area contributed by atoms with Crippen LogP contribution in [0, 0.1) is 6.92 Å². The molecule has 0 aliphatic carbocycles. The molecule has 2 rings (SSSR count). The number of aliphatic hydroxyl groups is 1. The Kier molecular flexibility index (Phi) is 5.99. The Balaban J connectivity index is 2.03. The number of sulfonamides is 1. The van der Waals surface area contributed by atoms with E-state index in [4.69, 9.17) is 0 Å². The van der Waals surface area contributed by atoms with Gasteiger partial charge < -0.3 is 10.0 Å². The lowest BCUT2D eigenvalue weighted by molar-refractivity contribution is 0.169. The van der Waals surface area contributed by atoms with Gasteiger partial charge in [0.2, 0.25) is 10.0 Å². The quantitative estimate of drug-likeness (QED) is 0.806. The van der Waals surface area contributed by atoms with Crippen molar-refractivity contribution >= 4 is 15.7 Å². The minimum Gasteiger partial charge on any atom is -0.388 e. The van der Waals surface area contributed by atoms with Crippen LogP contribution < -0.4 is 9.62 Å². The van der Waals surface area contributed by atoms with Crippen LogP contribution >= 0.6 is 0 Å². The third kappa shape index (κ3) is 4.56. The van der Waals surface area contributed by atoms with Gasteiger partial charge in [-0.05, 0) is 36.6 Å². The van der Waals surface area contributed by atoms with Crippen molar-refractivity contribution in [2.24, 2.45) is 0 Å².